The van der Waals surface area contributed by atoms with Gasteiger partial charge in [-0.2, -0.15) is 0 Å². The molecule has 0 radical (unpaired) electrons. The van der Waals surface area contributed by atoms with E-state index in [1.165, 1.54) is 25.7 Å². The highest BCUT2D eigenvalue weighted by Gasteiger charge is 2.15. The molecule has 1 fully saturated rings. The minimum absolute atomic E-state index is 0.177. The highest BCUT2D eigenvalue weighted by molar-refractivity contribution is 7.09. The zero-order valence-electron chi connectivity index (χ0n) is 13.7. The van der Waals surface area contributed by atoms with E-state index in [1.807, 2.05) is 6.92 Å². The lowest BCUT2D eigenvalue weighted by atomic mass is 10.0. The first-order chi connectivity index (χ1) is 11.2. The van der Waals surface area contributed by atoms with Gasteiger partial charge in [-0.3, -0.25) is 4.79 Å². The summed E-state index contributed by atoms with van der Waals surface area (Å²) in [6.45, 7) is 2.63. The molecular formula is C19H24N2OS. The number of rotatable bonds is 6. The summed E-state index contributed by atoms with van der Waals surface area (Å²) in [6.07, 6.45) is 7.03. The minimum Gasteiger partial charge on any atom is -0.352 e. The molecule has 3 rings (SSSR count). The van der Waals surface area contributed by atoms with Gasteiger partial charge in [0.05, 0.1) is 10.7 Å². The van der Waals surface area contributed by atoms with Crippen molar-refractivity contribution in [2.45, 2.75) is 52.0 Å². The van der Waals surface area contributed by atoms with E-state index in [-0.39, 0.29) is 5.91 Å². The van der Waals surface area contributed by atoms with Gasteiger partial charge in [0.1, 0.15) is 0 Å². The van der Waals surface area contributed by atoms with Gasteiger partial charge in [0.25, 0.3) is 0 Å². The van der Waals surface area contributed by atoms with Gasteiger partial charge in [-0.1, -0.05) is 49.9 Å². The maximum atomic E-state index is 11.9. The fourth-order valence-corrected chi connectivity index (χ4v) is 3.83. The van der Waals surface area contributed by atoms with Crippen molar-refractivity contribution in [3.8, 4) is 11.3 Å². The summed E-state index contributed by atoms with van der Waals surface area (Å²) in [5, 5.41) is 6.19. The molecule has 0 atom stereocenters. The van der Waals surface area contributed by atoms with E-state index < -0.39 is 0 Å². The van der Waals surface area contributed by atoms with Crippen molar-refractivity contribution in [2.24, 2.45) is 5.92 Å². The molecule has 1 aromatic heterocycles. The topological polar surface area (TPSA) is 42.0 Å². The van der Waals surface area contributed by atoms with Gasteiger partial charge in [-0.25, -0.2) is 4.98 Å². The standard InChI is InChI=1S/C19H24N2OS/c1-14-21-18(13-23-14)17-9-6-16(7-10-17)12-20-19(22)11-8-15-4-2-3-5-15/h6-7,9-10,13,15H,2-5,8,11-12H2,1H3,(H,20,22). The molecule has 0 saturated heterocycles. The van der Waals surface area contributed by atoms with Crippen LogP contribution in [-0.2, 0) is 11.3 Å². The SMILES string of the molecule is Cc1nc(-c2ccc(CNC(=O)CCC3CCCC3)cc2)cs1. The first-order valence-corrected chi connectivity index (χ1v) is 9.37. The first-order valence-electron chi connectivity index (χ1n) is 8.49. The molecule has 0 spiro atoms. The summed E-state index contributed by atoms with van der Waals surface area (Å²) in [4.78, 5) is 16.4. The van der Waals surface area contributed by atoms with Crippen LogP contribution in [0.5, 0.6) is 0 Å². The summed E-state index contributed by atoms with van der Waals surface area (Å²) in [5.74, 6) is 0.956. The van der Waals surface area contributed by atoms with E-state index in [2.05, 4.69) is 39.9 Å². The predicted molar refractivity (Wildman–Crippen MR) is 95.3 cm³/mol. The van der Waals surface area contributed by atoms with Crippen molar-refractivity contribution in [2.75, 3.05) is 0 Å². The smallest absolute Gasteiger partial charge is 0.220 e. The van der Waals surface area contributed by atoms with E-state index in [4.69, 9.17) is 0 Å². The number of thiazole rings is 1. The molecule has 0 unspecified atom stereocenters. The van der Waals surface area contributed by atoms with E-state index in [0.717, 1.165) is 34.2 Å². The van der Waals surface area contributed by atoms with Gasteiger partial charge >= 0.3 is 0 Å². The molecule has 122 valence electrons. The molecular weight excluding hydrogens is 304 g/mol. The Morgan fingerprint density at radius 2 is 2.00 bits per heavy atom. The zero-order chi connectivity index (χ0) is 16.1. The van der Waals surface area contributed by atoms with Gasteiger partial charge in [-0.15, -0.1) is 11.3 Å². The molecule has 0 aliphatic heterocycles. The number of carbonyl (C=O) groups is 1. The van der Waals surface area contributed by atoms with Crippen LogP contribution in [0.3, 0.4) is 0 Å². The van der Waals surface area contributed by atoms with Gasteiger partial charge < -0.3 is 5.32 Å². The molecule has 3 nitrogen and oxygen atoms in total. The largest absolute Gasteiger partial charge is 0.352 e. The van der Waals surface area contributed by atoms with Crippen molar-refractivity contribution in [3.63, 3.8) is 0 Å². The van der Waals surface area contributed by atoms with E-state index in [9.17, 15) is 4.79 Å². The Kier molecular flexibility index (Phi) is 5.44. The highest BCUT2D eigenvalue weighted by atomic mass is 32.1. The fraction of sp³-hybridized carbons (Fsp3) is 0.474. The molecule has 1 aliphatic carbocycles. The molecule has 1 saturated carbocycles. The number of amides is 1. The average molecular weight is 328 g/mol. The Morgan fingerprint density at radius 1 is 1.26 bits per heavy atom. The quantitative estimate of drug-likeness (QED) is 0.834. The van der Waals surface area contributed by atoms with Gasteiger partial charge in [-0.05, 0) is 24.8 Å². The third-order valence-electron chi connectivity index (χ3n) is 4.61. The van der Waals surface area contributed by atoms with Crippen LogP contribution in [0.1, 0.15) is 49.1 Å². The van der Waals surface area contributed by atoms with Crippen LogP contribution < -0.4 is 5.32 Å². The third-order valence-corrected chi connectivity index (χ3v) is 5.39. The van der Waals surface area contributed by atoms with Crippen LogP contribution in [0.4, 0.5) is 0 Å². The Bertz CT molecular complexity index is 642. The highest BCUT2D eigenvalue weighted by Crippen LogP contribution is 2.28. The number of nitrogens with zero attached hydrogens (tertiary/aromatic N) is 1. The van der Waals surface area contributed by atoms with E-state index in [1.54, 1.807) is 11.3 Å². The fourth-order valence-electron chi connectivity index (χ4n) is 3.21. The molecule has 1 aromatic carbocycles. The molecule has 1 aliphatic rings. The second-order valence-electron chi connectivity index (χ2n) is 6.41. The van der Waals surface area contributed by atoms with Gasteiger partial charge in [0.2, 0.25) is 5.91 Å². The Hall–Kier alpha value is -1.68. The molecule has 2 aromatic rings. The van der Waals surface area contributed by atoms with Crippen molar-refractivity contribution >= 4 is 17.2 Å². The second-order valence-corrected chi connectivity index (χ2v) is 7.48. The van der Waals surface area contributed by atoms with Crippen molar-refractivity contribution < 1.29 is 4.79 Å². The van der Waals surface area contributed by atoms with E-state index in [0.29, 0.717) is 13.0 Å². The molecule has 1 N–H and O–H groups in total. The van der Waals surface area contributed by atoms with Crippen LogP contribution in [0.15, 0.2) is 29.6 Å². The third kappa shape index (κ3) is 4.64. The number of carbonyl (C=O) groups excluding carboxylic acids is 1. The molecule has 4 heteroatoms. The number of aryl methyl sites for hydroxylation is 1. The average Bonchev–Trinajstić information content (AvgIpc) is 3.23. The number of nitrogens with one attached hydrogen (secondary N) is 1. The van der Waals surface area contributed by atoms with Gasteiger partial charge in [0.15, 0.2) is 0 Å². The summed E-state index contributed by atoms with van der Waals surface area (Å²) >= 11 is 1.67. The monoisotopic (exact) mass is 328 g/mol. The predicted octanol–water partition coefficient (Wildman–Crippen LogP) is 4.71. The van der Waals surface area contributed by atoms with Crippen molar-refractivity contribution in [1.29, 1.82) is 0 Å². The lowest BCUT2D eigenvalue weighted by Crippen LogP contribution is -2.22. The van der Waals surface area contributed by atoms with Crippen LogP contribution in [-0.4, -0.2) is 10.9 Å². The second kappa shape index (κ2) is 7.73. The zero-order valence-corrected chi connectivity index (χ0v) is 14.5. The molecule has 23 heavy (non-hydrogen) atoms. The molecule has 1 amide bonds. The number of benzene rings is 1. The summed E-state index contributed by atoms with van der Waals surface area (Å²) in [7, 11) is 0. The Balaban J connectivity index is 1.45. The Morgan fingerprint density at radius 3 is 2.65 bits per heavy atom. The summed E-state index contributed by atoms with van der Waals surface area (Å²) in [6, 6.07) is 8.30. The summed E-state index contributed by atoms with van der Waals surface area (Å²) < 4.78 is 0. The normalized spacial score (nSPS) is 15.0. The van der Waals surface area contributed by atoms with Crippen LogP contribution in [0.25, 0.3) is 11.3 Å². The van der Waals surface area contributed by atoms with E-state index >= 15 is 0 Å². The van der Waals surface area contributed by atoms with Crippen LogP contribution >= 0.6 is 11.3 Å². The number of hydrogen-bond donors (Lipinski definition) is 1. The maximum absolute atomic E-state index is 11.9. The Labute approximate surface area is 142 Å². The lowest BCUT2D eigenvalue weighted by molar-refractivity contribution is -0.121. The maximum Gasteiger partial charge on any atom is 0.220 e. The van der Waals surface area contributed by atoms with Crippen LogP contribution in [0.2, 0.25) is 0 Å². The number of aromatic nitrogens is 1. The van der Waals surface area contributed by atoms with Crippen molar-refractivity contribution in [1.82, 2.24) is 10.3 Å². The van der Waals surface area contributed by atoms with Crippen LogP contribution in [0, 0.1) is 12.8 Å². The van der Waals surface area contributed by atoms with Crippen molar-refractivity contribution in [3.05, 3.63) is 40.2 Å². The molecule has 1 heterocycles. The molecule has 0 bridgehead atoms. The summed E-state index contributed by atoms with van der Waals surface area (Å²) in [5.41, 5.74) is 3.29. The lowest BCUT2D eigenvalue weighted by Gasteiger charge is -2.09. The number of hydrogen-bond acceptors (Lipinski definition) is 3. The minimum atomic E-state index is 0.177. The first kappa shape index (κ1) is 16.2. The van der Waals surface area contributed by atoms with Gasteiger partial charge in [0, 0.05) is 23.9 Å².